The van der Waals surface area contributed by atoms with Crippen molar-refractivity contribution in [2.24, 2.45) is 11.8 Å². The molecule has 2 aliphatic heterocycles. The highest BCUT2D eigenvalue weighted by molar-refractivity contribution is 5.79. The smallest absolute Gasteiger partial charge is 0.252 e. The van der Waals surface area contributed by atoms with E-state index in [0.29, 0.717) is 24.3 Å². The van der Waals surface area contributed by atoms with Gasteiger partial charge in [-0.1, -0.05) is 18.0 Å². The van der Waals surface area contributed by atoms with Crippen LogP contribution in [0.4, 0.5) is 0 Å². The van der Waals surface area contributed by atoms with Gasteiger partial charge in [-0.3, -0.25) is 4.79 Å². The molecule has 1 aliphatic carbocycles. The Bertz CT molecular complexity index is 633. The Morgan fingerprint density at radius 3 is 2.78 bits per heavy atom. The summed E-state index contributed by atoms with van der Waals surface area (Å²) in [6, 6.07) is 0. The molecule has 7 heteroatoms. The topological polar surface area (TPSA) is 77.7 Å². The molecule has 0 N–H and O–H groups in total. The average Bonchev–Trinajstić information content (AvgIpc) is 3.35. The van der Waals surface area contributed by atoms with Crippen molar-refractivity contribution in [1.82, 2.24) is 15.0 Å². The molecule has 1 spiro atoms. The minimum Gasteiger partial charge on any atom is -0.375 e. The Morgan fingerprint density at radius 2 is 2.04 bits per heavy atom. The number of piperidine rings is 1. The molecule has 150 valence electrons. The molecule has 0 radical (unpaired) electrons. The predicted molar refractivity (Wildman–Crippen MR) is 97.9 cm³/mol. The summed E-state index contributed by atoms with van der Waals surface area (Å²) in [5.41, 5.74) is -0.0749. The second-order valence-corrected chi connectivity index (χ2v) is 8.44. The predicted octanol–water partition coefficient (Wildman–Crippen LogP) is 2.74. The van der Waals surface area contributed by atoms with Gasteiger partial charge >= 0.3 is 0 Å². The highest BCUT2D eigenvalue weighted by Gasteiger charge is 2.42. The van der Waals surface area contributed by atoms with E-state index in [0.717, 1.165) is 70.5 Å². The first-order valence-corrected chi connectivity index (χ1v) is 10.4. The van der Waals surface area contributed by atoms with E-state index in [1.807, 2.05) is 0 Å². The molecule has 27 heavy (non-hydrogen) atoms. The molecule has 2 saturated heterocycles. The summed E-state index contributed by atoms with van der Waals surface area (Å²) in [5.74, 6) is 2.46. The van der Waals surface area contributed by atoms with Crippen LogP contribution in [0.5, 0.6) is 0 Å². The van der Waals surface area contributed by atoms with E-state index in [2.05, 4.69) is 15.0 Å². The molecule has 3 heterocycles. The van der Waals surface area contributed by atoms with E-state index >= 15 is 0 Å². The minimum atomic E-state index is -0.0749. The summed E-state index contributed by atoms with van der Waals surface area (Å²) in [4.78, 5) is 19.2. The van der Waals surface area contributed by atoms with Crippen LogP contribution in [0.2, 0.25) is 0 Å². The quantitative estimate of drug-likeness (QED) is 0.785. The standard InChI is InChI=1S/C20H31N3O4/c1-25-14-18-21-17(22-27-18)12-15-6-11-26-20(13-15)7-9-23(10-8-20)19(24)16-4-2-3-5-16/h15-16H,2-14H2,1H3. The Morgan fingerprint density at radius 1 is 1.26 bits per heavy atom. The van der Waals surface area contributed by atoms with E-state index in [1.54, 1.807) is 7.11 Å². The molecule has 1 aromatic heterocycles. The summed E-state index contributed by atoms with van der Waals surface area (Å²) in [7, 11) is 1.62. The van der Waals surface area contributed by atoms with Gasteiger partial charge in [0.05, 0.1) is 5.60 Å². The van der Waals surface area contributed by atoms with Crippen LogP contribution in [0.25, 0.3) is 0 Å². The monoisotopic (exact) mass is 377 g/mol. The molecule has 3 aliphatic rings. The largest absolute Gasteiger partial charge is 0.375 e. The number of methoxy groups -OCH3 is 1. The lowest BCUT2D eigenvalue weighted by Gasteiger charge is -2.46. The number of hydrogen-bond donors (Lipinski definition) is 0. The third kappa shape index (κ3) is 4.35. The number of likely N-dealkylation sites (tertiary alicyclic amines) is 1. The summed E-state index contributed by atoms with van der Waals surface area (Å²) >= 11 is 0. The van der Waals surface area contributed by atoms with Crippen molar-refractivity contribution >= 4 is 5.91 Å². The lowest BCUT2D eigenvalue weighted by molar-refractivity contribution is -0.150. The van der Waals surface area contributed by atoms with Gasteiger partial charge in [-0.05, 0) is 44.4 Å². The van der Waals surface area contributed by atoms with E-state index in [1.165, 1.54) is 12.8 Å². The molecule has 1 aromatic rings. The van der Waals surface area contributed by atoms with Gasteiger partial charge in [0, 0.05) is 39.1 Å². The molecular weight excluding hydrogens is 346 g/mol. The fourth-order valence-corrected chi connectivity index (χ4v) is 5.03. The van der Waals surface area contributed by atoms with Crippen LogP contribution in [0, 0.1) is 11.8 Å². The second-order valence-electron chi connectivity index (χ2n) is 8.44. The van der Waals surface area contributed by atoms with E-state index in [4.69, 9.17) is 14.0 Å². The molecule has 1 unspecified atom stereocenters. The zero-order valence-corrected chi connectivity index (χ0v) is 16.3. The Hall–Kier alpha value is -1.47. The van der Waals surface area contributed by atoms with Crippen LogP contribution in [0.3, 0.4) is 0 Å². The van der Waals surface area contributed by atoms with E-state index < -0.39 is 0 Å². The maximum absolute atomic E-state index is 12.7. The van der Waals surface area contributed by atoms with E-state index in [9.17, 15) is 4.79 Å². The SMILES string of the molecule is COCc1nc(CC2CCOC3(CCN(C(=O)C4CCCC4)CC3)C2)no1. The normalized spacial score (nSPS) is 26.0. The maximum Gasteiger partial charge on any atom is 0.252 e. The molecular formula is C20H31N3O4. The summed E-state index contributed by atoms with van der Waals surface area (Å²) in [6.45, 7) is 2.81. The summed E-state index contributed by atoms with van der Waals surface area (Å²) in [5, 5.41) is 4.08. The van der Waals surface area contributed by atoms with Crippen LogP contribution >= 0.6 is 0 Å². The van der Waals surface area contributed by atoms with Crippen LogP contribution in [-0.2, 0) is 27.3 Å². The van der Waals surface area contributed by atoms with Crippen LogP contribution in [-0.4, -0.2) is 53.4 Å². The van der Waals surface area contributed by atoms with Crippen molar-refractivity contribution in [1.29, 1.82) is 0 Å². The highest BCUT2D eigenvalue weighted by Crippen LogP contribution is 2.39. The highest BCUT2D eigenvalue weighted by atomic mass is 16.5. The molecule has 7 nitrogen and oxygen atoms in total. The molecule has 1 amide bonds. The molecule has 1 atom stereocenters. The maximum atomic E-state index is 12.7. The van der Waals surface area contributed by atoms with Crippen LogP contribution in [0.15, 0.2) is 4.52 Å². The number of carbonyl (C=O) groups excluding carboxylic acids is 1. The van der Waals surface area contributed by atoms with Crippen molar-refractivity contribution in [2.75, 3.05) is 26.8 Å². The van der Waals surface area contributed by atoms with Gasteiger partial charge in [-0.15, -0.1) is 0 Å². The zero-order valence-electron chi connectivity index (χ0n) is 16.3. The average molecular weight is 377 g/mol. The first-order valence-electron chi connectivity index (χ1n) is 10.4. The third-order valence-corrected chi connectivity index (χ3v) is 6.54. The molecule has 0 bridgehead atoms. The van der Waals surface area contributed by atoms with Crippen LogP contribution < -0.4 is 0 Å². The number of aromatic nitrogens is 2. The fraction of sp³-hybridized carbons (Fsp3) is 0.850. The lowest BCUT2D eigenvalue weighted by Crippen LogP contribution is -2.51. The van der Waals surface area contributed by atoms with Gasteiger partial charge in [-0.2, -0.15) is 4.98 Å². The second kappa shape index (κ2) is 8.27. The van der Waals surface area contributed by atoms with Gasteiger partial charge in [-0.25, -0.2) is 0 Å². The molecule has 4 rings (SSSR count). The van der Waals surface area contributed by atoms with Crippen molar-refractivity contribution in [2.45, 2.75) is 70.0 Å². The Balaban J connectivity index is 1.30. The van der Waals surface area contributed by atoms with Crippen molar-refractivity contribution in [3.05, 3.63) is 11.7 Å². The van der Waals surface area contributed by atoms with Gasteiger partial charge in [0.15, 0.2) is 5.82 Å². The number of carbonyl (C=O) groups is 1. The van der Waals surface area contributed by atoms with Gasteiger partial charge in [0.2, 0.25) is 5.91 Å². The molecule has 0 aromatic carbocycles. The summed E-state index contributed by atoms with van der Waals surface area (Å²) < 4.78 is 16.5. The van der Waals surface area contributed by atoms with Gasteiger partial charge in [0.1, 0.15) is 6.61 Å². The summed E-state index contributed by atoms with van der Waals surface area (Å²) in [6.07, 6.45) is 9.34. The van der Waals surface area contributed by atoms with Crippen molar-refractivity contribution in [3.8, 4) is 0 Å². The third-order valence-electron chi connectivity index (χ3n) is 6.54. The van der Waals surface area contributed by atoms with Crippen molar-refractivity contribution < 1.29 is 18.8 Å². The first kappa shape index (κ1) is 18.9. The van der Waals surface area contributed by atoms with Gasteiger partial charge < -0.3 is 18.9 Å². The number of hydrogen-bond acceptors (Lipinski definition) is 6. The zero-order chi connectivity index (χ0) is 18.7. The van der Waals surface area contributed by atoms with Crippen LogP contribution in [0.1, 0.15) is 63.1 Å². The van der Waals surface area contributed by atoms with Gasteiger partial charge in [0.25, 0.3) is 5.89 Å². The Labute approximate surface area is 160 Å². The number of amides is 1. The number of rotatable bonds is 5. The van der Waals surface area contributed by atoms with E-state index in [-0.39, 0.29) is 11.5 Å². The minimum absolute atomic E-state index is 0.0749. The Kier molecular flexibility index (Phi) is 5.78. The number of nitrogens with zero attached hydrogens (tertiary/aromatic N) is 3. The number of ether oxygens (including phenoxy) is 2. The first-order chi connectivity index (χ1) is 13.2. The lowest BCUT2D eigenvalue weighted by atomic mass is 9.78. The fourth-order valence-electron chi connectivity index (χ4n) is 5.03. The molecule has 3 fully saturated rings. The molecule has 1 saturated carbocycles. The van der Waals surface area contributed by atoms with Crippen molar-refractivity contribution in [3.63, 3.8) is 0 Å².